The predicted molar refractivity (Wildman–Crippen MR) is 184 cm³/mol. The van der Waals surface area contributed by atoms with E-state index in [9.17, 15) is 25.2 Å². The van der Waals surface area contributed by atoms with E-state index >= 15 is 0 Å². The van der Waals surface area contributed by atoms with Gasteiger partial charge < -0.3 is 58.9 Å². The maximum absolute atomic E-state index is 14.3. The summed E-state index contributed by atoms with van der Waals surface area (Å²) in [6, 6.07) is -0.260. The van der Waals surface area contributed by atoms with Gasteiger partial charge in [-0.05, 0) is 73.4 Å². The molecule has 5 N–H and O–H groups in total. The molecule has 3 fully saturated rings. The number of aliphatic hydroxyl groups excluding tert-OH is 3. The number of fused-ring (bicyclic) bond motifs is 2. The van der Waals surface area contributed by atoms with E-state index in [0.29, 0.717) is 25.1 Å². The maximum Gasteiger partial charge on any atom is 0.311 e. The topological polar surface area (TPSA) is 175 Å². The molecule has 290 valence electrons. The number of esters is 1. The number of hydrogen-bond donors (Lipinski definition) is 5. The van der Waals surface area contributed by atoms with Crippen LogP contribution in [0.25, 0.3) is 0 Å². The molecule has 0 aliphatic carbocycles. The molecule has 0 radical (unpaired) electrons. The first kappa shape index (κ1) is 41.4. The van der Waals surface area contributed by atoms with Crippen LogP contribution in [-0.2, 0) is 38.0 Å². The molecule has 50 heavy (non-hydrogen) atoms. The van der Waals surface area contributed by atoms with Crippen LogP contribution in [0.1, 0.15) is 102 Å². The Hall–Kier alpha value is -1.39. The lowest BCUT2D eigenvalue weighted by molar-refractivity contribution is -0.314. The standard InChI is InChI=1S/C37H65NO12/c1-13-25(39)37(11,43)32-20(5)28-18(3)16-36(10,50-28)31(49-34-27(40)24(38-14-2)15-19(4)45-34)21(6)29(22(7)33(42)48-32)47-26-17-35(9,44-12)30(41)23(8)46-26/h19-27,29-32,34,38-41,43H,13-17H2,1-12H3/t19?,20-,21-,22+,23?,24?,25+,26-,27?,29-,30-,31+,32+,34-,35?,36+,37+/m0/s1. The zero-order valence-electron chi connectivity index (χ0n) is 32.2. The number of carbonyl (C=O) groups excluding carboxylic acids is 1. The molecule has 2 bridgehead atoms. The SMILES string of the molecule is CCNC1CC(C)O[C@@H](O[C@@H]2[C@@H](C)[C@H](O[C@H]3CC(C)(OC)[C@@H](O)C(C)O3)[C@@H](C)C(=O)O[C@@H]([C@](C)(O)[C@H](O)CC)[C@@H](C)C3=C(C)C[C@@]2(C)O3)C1O. The van der Waals surface area contributed by atoms with E-state index in [0.717, 1.165) is 5.57 Å². The fraction of sp³-hybridized carbons (Fsp3) is 0.919. The Kier molecular flexibility index (Phi) is 13.2. The van der Waals surface area contributed by atoms with Gasteiger partial charge in [0.2, 0.25) is 0 Å². The lowest BCUT2D eigenvalue weighted by Crippen LogP contribution is -2.60. The second-order valence-electron chi connectivity index (χ2n) is 16.0. The van der Waals surface area contributed by atoms with Gasteiger partial charge in [-0.25, -0.2) is 0 Å². The second kappa shape index (κ2) is 15.9. The summed E-state index contributed by atoms with van der Waals surface area (Å²) in [7, 11) is 1.53. The zero-order chi connectivity index (χ0) is 37.5. The molecule has 3 saturated heterocycles. The number of likely N-dealkylation sites (N-methyl/N-ethyl adjacent to an activating group) is 1. The smallest absolute Gasteiger partial charge is 0.311 e. The zero-order valence-corrected chi connectivity index (χ0v) is 32.2. The van der Waals surface area contributed by atoms with Gasteiger partial charge in [0.25, 0.3) is 0 Å². The van der Waals surface area contributed by atoms with E-state index in [1.165, 1.54) is 14.0 Å². The van der Waals surface area contributed by atoms with E-state index in [-0.39, 0.29) is 25.0 Å². The van der Waals surface area contributed by atoms with Crippen molar-refractivity contribution in [1.82, 2.24) is 5.32 Å². The van der Waals surface area contributed by atoms with Crippen molar-refractivity contribution in [3.63, 3.8) is 0 Å². The number of nitrogens with one attached hydrogen (secondary N) is 1. The quantitative estimate of drug-likeness (QED) is 0.209. The van der Waals surface area contributed by atoms with E-state index in [2.05, 4.69) is 5.32 Å². The fourth-order valence-electron chi connectivity index (χ4n) is 8.70. The van der Waals surface area contributed by atoms with Gasteiger partial charge in [-0.3, -0.25) is 4.79 Å². The average molecular weight is 716 g/mol. The highest BCUT2D eigenvalue weighted by Gasteiger charge is 2.56. The molecule has 0 aromatic rings. The number of methoxy groups -OCH3 is 1. The summed E-state index contributed by atoms with van der Waals surface area (Å²) in [6.45, 7) is 20.6. The molecule has 0 aromatic heterocycles. The molecule has 4 aliphatic heterocycles. The molecule has 0 spiro atoms. The normalized spacial score (nSPS) is 46.4. The minimum absolute atomic E-state index is 0.174. The Labute approximate surface area is 298 Å². The molecule has 13 heteroatoms. The van der Waals surface area contributed by atoms with Crippen LogP contribution in [0.3, 0.4) is 0 Å². The molecule has 5 unspecified atom stereocenters. The lowest BCUT2D eigenvalue weighted by atomic mass is 9.78. The Morgan fingerprint density at radius 2 is 1.72 bits per heavy atom. The molecular weight excluding hydrogens is 650 g/mol. The number of rotatable bonds is 10. The van der Waals surface area contributed by atoms with Crippen LogP contribution in [0.4, 0.5) is 0 Å². The van der Waals surface area contributed by atoms with Gasteiger partial charge in [-0.15, -0.1) is 0 Å². The van der Waals surface area contributed by atoms with E-state index in [1.54, 1.807) is 27.7 Å². The van der Waals surface area contributed by atoms with E-state index in [4.69, 9.17) is 33.2 Å². The highest BCUT2D eigenvalue weighted by molar-refractivity contribution is 5.73. The van der Waals surface area contributed by atoms with Gasteiger partial charge in [0.1, 0.15) is 41.4 Å². The van der Waals surface area contributed by atoms with Crippen molar-refractivity contribution < 1.29 is 58.4 Å². The Morgan fingerprint density at radius 3 is 2.32 bits per heavy atom. The van der Waals surface area contributed by atoms with Crippen LogP contribution < -0.4 is 5.32 Å². The minimum Gasteiger partial charge on any atom is -0.488 e. The molecule has 13 nitrogen and oxygen atoms in total. The van der Waals surface area contributed by atoms with Crippen molar-refractivity contribution in [3.8, 4) is 0 Å². The average Bonchev–Trinajstić information content (AvgIpc) is 3.37. The molecule has 17 atom stereocenters. The van der Waals surface area contributed by atoms with Crippen molar-refractivity contribution in [2.24, 2.45) is 17.8 Å². The largest absolute Gasteiger partial charge is 0.488 e. The Morgan fingerprint density at radius 1 is 1.06 bits per heavy atom. The van der Waals surface area contributed by atoms with Crippen molar-refractivity contribution >= 4 is 5.97 Å². The molecule has 4 heterocycles. The number of hydrogen-bond acceptors (Lipinski definition) is 13. The minimum atomic E-state index is -1.82. The van der Waals surface area contributed by atoms with Crippen LogP contribution in [0.15, 0.2) is 11.3 Å². The number of aliphatic hydroxyl groups is 4. The van der Waals surface area contributed by atoms with Crippen molar-refractivity contribution in [3.05, 3.63) is 11.3 Å². The first-order valence-corrected chi connectivity index (χ1v) is 18.5. The summed E-state index contributed by atoms with van der Waals surface area (Å²) < 4.78 is 44.8. The highest BCUT2D eigenvalue weighted by atomic mass is 16.7. The monoisotopic (exact) mass is 715 g/mol. The molecule has 0 amide bonds. The van der Waals surface area contributed by atoms with Crippen LogP contribution in [0.2, 0.25) is 0 Å². The van der Waals surface area contributed by atoms with Gasteiger partial charge in [0.15, 0.2) is 12.6 Å². The molecule has 0 saturated carbocycles. The number of cyclic esters (lactones) is 1. The molecule has 4 rings (SSSR count). The third kappa shape index (κ3) is 8.07. The van der Waals surface area contributed by atoms with Gasteiger partial charge in [0, 0.05) is 31.9 Å². The summed E-state index contributed by atoms with van der Waals surface area (Å²) in [5.41, 5.74) is -2.95. The van der Waals surface area contributed by atoms with Gasteiger partial charge >= 0.3 is 5.97 Å². The van der Waals surface area contributed by atoms with E-state index in [1.807, 2.05) is 41.5 Å². The van der Waals surface area contributed by atoms with Crippen LogP contribution >= 0.6 is 0 Å². The van der Waals surface area contributed by atoms with Crippen molar-refractivity contribution in [1.29, 1.82) is 0 Å². The van der Waals surface area contributed by atoms with Gasteiger partial charge in [0.05, 0.1) is 41.9 Å². The molecule has 0 aromatic carbocycles. The molecular formula is C37H65NO12. The first-order chi connectivity index (χ1) is 23.2. The number of ether oxygens (including phenoxy) is 7. The fourth-order valence-corrected chi connectivity index (χ4v) is 8.70. The molecule has 4 aliphatic rings. The third-order valence-corrected chi connectivity index (χ3v) is 11.8. The third-order valence-electron chi connectivity index (χ3n) is 11.8. The lowest BCUT2D eigenvalue weighted by Gasteiger charge is -2.48. The van der Waals surface area contributed by atoms with Gasteiger partial charge in [-0.2, -0.15) is 0 Å². The predicted octanol–water partition coefficient (Wildman–Crippen LogP) is 2.94. The Balaban J connectivity index is 1.82. The summed E-state index contributed by atoms with van der Waals surface area (Å²) in [4.78, 5) is 14.3. The second-order valence-corrected chi connectivity index (χ2v) is 16.0. The van der Waals surface area contributed by atoms with Crippen LogP contribution in [0.5, 0.6) is 0 Å². The van der Waals surface area contributed by atoms with Gasteiger partial charge in [-0.1, -0.05) is 27.7 Å². The highest BCUT2D eigenvalue weighted by Crippen LogP contribution is 2.48. The maximum atomic E-state index is 14.3. The van der Waals surface area contributed by atoms with Crippen LogP contribution in [0, 0.1) is 17.8 Å². The van der Waals surface area contributed by atoms with Crippen LogP contribution in [-0.4, -0.2) is 124 Å². The summed E-state index contributed by atoms with van der Waals surface area (Å²) in [6.07, 6.45) is -7.27. The number of carbonyl (C=O) groups is 1. The van der Waals surface area contributed by atoms with Crippen molar-refractivity contribution in [2.45, 2.75) is 186 Å². The summed E-state index contributed by atoms with van der Waals surface area (Å²) >= 11 is 0. The van der Waals surface area contributed by atoms with E-state index < -0.39 is 95.8 Å². The summed E-state index contributed by atoms with van der Waals surface area (Å²) in [5, 5.41) is 48.5. The Bertz CT molecular complexity index is 1200. The summed E-state index contributed by atoms with van der Waals surface area (Å²) in [5.74, 6) is -2.26. The van der Waals surface area contributed by atoms with Crippen molar-refractivity contribution in [2.75, 3.05) is 13.7 Å². The first-order valence-electron chi connectivity index (χ1n) is 18.5.